The summed E-state index contributed by atoms with van der Waals surface area (Å²) in [5.41, 5.74) is 2.87. The number of likely N-dealkylation sites (N-methyl/N-ethyl adjacent to an activating group) is 1. The average Bonchev–Trinajstić information content (AvgIpc) is 3.52. The SMILES string of the molecule is CNC(=O)COc1cc2cc(Nc3nc(N4CCN(CC5CC(N6CCC(c7ccc8c(c7)C(=O)N([C@H]7CCC(=O)NC7=O)C8=O)CC6)C5)CC4)ncc3Cl)ccc2n(C(C)C)c1=O. The predicted molar refractivity (Wildman–Crippen MR) is 240 cm³/mol. The van der Waals surface area contributed by atoms with E-state index >= 15 is 0 Å². The maximum atomic E-state index is 13.4. The zero-order chi connectivity index (χ0) is 44.8. The van der Waals surface area contributed by atoms with E-state index in [2.05, 4.69) is 35.6 Å². The van der Waals surface area contributed by atoms with Crippen LogP contribution in [0.2, 0.25) is 5.02 Å². The van der Waals surface area contributed by atoms with Gasteiger partial charge in [-0.2, -0.15) is 4.98 Å². The average molecular weight is 893 g/mol. The van der Waals surface area contributed by atoms with E-state index in [9.17, 15) is 28.8 Å². The topological polar surface area (TPSA) is 191 Å². The van der Waals surface area contributed by atoms with Crippen molar-refractivity contribution in [1.29, 1.82) is 0 Å². The van der Waals surface area contributed by atoms with Crippen molar-refractivity contribution < 1.29 is 28.7 Å². The van der Waals surface area contributed by atoms with Crippen molar-refractivity contribution in [1.82, 2.24) is 39.9 Å². The Labute approximate surface area is 375 Å². The monoisotopic (exact) mass is 892 g/mol. The number of halogens is 1. The van der Waals surface area contributed by atoms with Gasteiger partial charge in [0.05, 0.1) is 22.8 Å². The molecule has 6 heterocycles. The fraction of sp³-hybridized carbons (Fsp3) is 0.478. The molecule has 2 aromatic carbocycles. The zero-order valence-electron chi connectivity index (χ0n) is 36.3. The van der Waals surface area contributed by atoms with Crippen LogP contribution in [0.4, 0.5) is 17.5 Å². The van der Waals surface area contributed by atoms with E-state index in [0.717, 1.165) is 85.7 Å². The highest BCUT2D eigenvalue weighted by atomic mass is 35.5. The van der Waals surface area contributed by atoms with E-state index in [0.29, 0.717) is 45.8 Å². The molecule has 5 aliphatic rings. The number of nitrogens with zero attached hydrogens (tertiary/aromatic N) is 7. The number of imide groups is 2. The quantitative estimate of drug-likeness (QED) is 0.173. The fourth-order valence-corrected chi connectivity index (χ4v) is 10.1. The molecule has 0 bridgehead atoms. The summed E-state index contributed by atoms with van der Waals surface area (Å²) in [6.07, 6.45) is 6.18. The number of piperidine rings is 2. The van der Waals surface area contributed by atoms with Crippen LogP contribution in [0.25, 0.3) is 10.9 Å². The number of carbonyl (C=O) groups excluding carboxylic acids is 5. The Hall–Kier alpha value is -5.91. The van der Waals surface area contributed by atoms with Crippen LogP contribution in [0.3, 0.4) is 0 Å². The van der Waals surface area contributed by atoms with E-state index in [1.807, 2.05) is 44.2 Å². The summed E-state index contributed by atoms with van der Waals surface area (Å²) in [6, 6.07) is 12.3. The number of likely N-dealkylation sites (tertiary alicyclic amines) is 1. The standard InChI is InChI=1S/C46H53ClN10O7/c1-26(2)56-36-7-5-31(20-30(36)22-38(45(56)63)64-25-40(59)48-3)50-41-35(47)23-49-46(52-41)55-16-14-53(15-17-55)24-27-18-32(19-27)54-12-10-28(11-13-54)29-4-6-33-34(21-29)44(62)57(43(33)61)37-8-9-39(58)51-42(37)60/h4-7,20-23,26-28,32,37H,8-19,24-25H2,1-3H3,(H,48,59)(H,49,50,52)(H,51,58,60)/t27?,32?,37-/m0/s1. The van der Waals surface area contributed by atoms with Crippen molar-refractivity contribution >= 4 is 69.5 Å². The molecule has 1 saturated carbocycles. The lowest BCUT2D eigenvalue weighted by atomic mass is 9.77. The first-order valence-electron chi connectivity index (χ1n) is 22.2. The van der Waals surface area contributed by atoms with E-state index in [-0.39, 0.29) is 48.6 Å². The van der Waals surface area contributed by atoms with Crippen molar-refractivity contribution in [2.75, 3.05) is 69.7 Å². The Morgan fingerprint density at radius 1 is 0.922 bits per heavy atom. The van der Waals surface area contributed by atoms with Crippen LogP contribution in [0.5, 0.6) is 5.75 Å². The largest absolute Gasteiger partial charge is 0.478 e. The number of fused-ring (bicyclic) bond motifs is 2. The summed E-state index contributed by atoms with van der Waals surface area (Å²) in [5, 5.41) is 9.24. The second-order valence-electron chi connectivity index (χ2n) is 17.8. The van der Waals surface area contributed by atoms with Gasteiger partial charge >= 0.3 is 0 Å². The number of hydrogen-bond acceptors (Lipinski definition) is 13. The molecule has 18 heteroatoms. The molecular weight excluding hydrogens is 840 g/mol. The van der Waals surface area contributed by atoms with Gasteiger partial charge in [-0.3, -0.25) is 43.9 Å². The molecule has 4 aliphatic heterocycles. The summed E-state index contributed by atoms with van der Waals surface area (Å²) >= 11 is 6.61. The van der Waals surface area contributed by atoms with Crippen LogP contribution in [-0.4, -0.2) is 130 Å². The number of nitrogens with one attached hydrogen (secondary N) is 3. The van der Waals surface area contributed by atoms with Crippen LogP contribution in [0.15, 0.2) is 53.5 Å². The third-order valence-corrected chi connectivity index (χ3v) is 13.8. The lowest BCUT2D eigenvalue weighted by Crippen LogP contribution is -2.54. The van der Waals surface area contributed by atoms with Crippen molar-refractivity contribution in [3.8, 4) is 5.75 Å². The van der Waals surface area contributed by atoms with Gasteiger partial charge in [0.25, 0.3) is 23.3 Å². The van der Waals surface area contributed by atoms with Crippen LogP contribution in [0, 0.1) is 5.92 Å². The highest BCUT2D eigenvalue weighted by Crippen LogP contribution is 2.39. The Kier molecular flexibility index (Phi) is 12.1. The van der Waals surface area contributed by atoms with Crippen molar-refractivity contribution in [3.63, 3.8) is 0 Å². The fourth-order valence-electron chi connectivity index (χ4n) is 9.95. The maximum Gasteiger partial charge on any atom is 0.293 e. The minimum Gasteiger partial charge on any atom is -0.478 e. The Balaban J connectivity index is 0.745. The van der Waals surface area contributed by atoms with Gasteiger partial charge in [0, 0.05) is 69.3 Å². The number of amides is 5. The van der Waals surface area contributed by atoms with Crippen LogP contribution >= 0.6 is 11.6 Å². The first kappa shape index (κ1) is 43.3. The molecule has 5 amide bonds. The number of piperazine rings is 1. The third kappa shape index (κ3) is 8.55. The second kappa shape index (κ2) is 17.9. The molecule has 17 nitrogen and oxygen atoms in total. The molecule has 1 atom stereocenters. The molecule has 0 spiro atoms. The minimum absolute atomic E-state index is 0.0936. The van der Waals surface area contributed by atoms with Gasteiger partial charge in [-0.25, -0.2) is 4.98 Å². The number of benzene rings is 2. The Bertz CT molecular complexity index is 2580. The molecule has 64 heavy (non-hydrogen) atoms. The molecular formula is C46H53ClN10O7. The highest BCUT2D eigenvalue weighted by Gasteiger charge is 2.45. The Morgan fingerprint density at radius 2 is 1.67 bits per heavy atom. The molecule has 9 rings (SSSR count). The summed E-state index contributed by atoms with van der Waals surface area (Å²) in [5.74, 6) is -0.130. The summed E-state index contributed by atoms with van der Waals surface area (Å²) in [7, 11) is 1.51. The molecule has 336 valence electrons. The van der Waals surface area contributed by atoms with E-state index in [1.165, 1.54) is 19.9 Å². The molecule has 3 saturated heterocycles. The summed E-state index contributed by atoms with van der Waals surface area (Å²) in [4.78, 5) is 93.5. The number of aromatic nitrogens is 3. The second-order valence-corrected chi connectivity index (χ2v) is 18.3. The van der Waals surface area contributed by atoms with Gasteiger partial charge in [-0.15, -0.1) is 0 Å². The van der Waals surface area contributed by atoms with Gasteiger partial charge in [0.1, 0.15) is 11.1 Å². The predicted octanol–water partition coefficient (Wildman–Crippen LogP) is 4.08. The van der Waals surface area contributed by atoms with Crippen LogP contribution in [0.1, 0.15) is 90.6 Å². The third-order valence-electron chi connectivity index (χ3n) is 13.5. The van der Waals surface area contributed by atoms with E-state index in [1.54, 1.807) is 22.9 Å². The lowest BCUT2D eigenvalue weighted by Gasteiger charge is -2.47. The van der Waals surface area contributed by atoms with Gasteiger partial charge < -0.3 is 29.7 Å². The van der Waals surface area contributed by atoms with E-state index in [4.69, 9.17) is 21.3 Å². The van der Waals surface area contributed by atoms with Crippen LogP contribution in [-0.2, 0) is 14.4 Å². The molecule has 4 fully saturated rings. The smallest absolute Gasteiger partial charge is 0.293 e. The normalized spacial score (nSPS) is 22.2. The molecule has 1 aliphatic carbocycles. The molecule has 2 aromatic heterocycles. The van der Waals surface area contributed by atoms with Gasteiger partial charge in [0.15, 0.2) is 18.2 Å². The lowest BCUT2D eigenvalue weighted by molar-refractivity contribution is -0.136. The van der Waals surface area contributed by atoms with Crippen molar-refractivity contribution in [3.05, 3.63) is 80.7 Å². The maximum absolute atomic E-state index is 13.4. The Morgan fingerprint density at radius 3 is 2.39 bits per heavy atom. The van der Waals surface area contributed by atoms with Gasteiger partial charge in [0.2, 0.25) is 17.8 Å². The minimum atomic E-state index is -0.963. The number of carbonyl (C=O) groups is 5. The highest BCUT2D eigenvalue weighted by molar-refractivity contribution is 6.33. The zero-order valence-corrected chi connectivity index (χ0v) is 37.0. The van der Waals surface area contributed by atoms with Crippen molar-refractivity contribution in [2.24, 2.45) is 5.92 Å². The summed E-state index contributed by atoms with van der Waals surface area (Å²) < 4.78 is 7.27. The number of hydrogen-bond donors (Lipinski definition) is 3. The van der Waals surface area contributed by atoms with Crippen LogP contribution < -0.4 is 31.1 Å². The van der Waals surface area contributed by atoms with Gasteiger partial charge in [-0.05, 0) is 113 Å². The number of ether oxygens (including phenoxy) is 1. The molecule has 4 aromatic rings. The number of rotatable bonds is 12. The van der Waals surface area contributed by atoms with Gasteiger partial charge in [-0.1, -0.05) is 17.7 Å². The molecule has 0 radical (unpaired) electrons. The number of anilines is 3. The summed E-state index contributed by atoms with van der Waals surface area (Å²) in [6.45, 7) is 10.0. The first-order valence-corrected chi connectivity index (χ1v) is 22.6. The van der Waals surface area contributed by atoms with Crippen molar-refractivity contribution in [2.45, 2.75) is 76.4 Å². The number of pyridine rings is 1. The first-order chi connectivity index (χ1) is 30.8. The van der Waals surface area contributed by atoms with E-state index < -0.39 is 23.8 Å². The molecule has 0 unspecified atom stereocenters. The molecule has 3 N–H and O–H groups in total.